The summed E-state index contributed by atoms with van der Waals surface area (Å²) in [7, 11) is -1.35. The van der Waals surface area contributed by atoms with Gasteiger partial charge in [-0.25, -0.2) is 0 Å². The SMILES string of the molecule is CCOC(=O)C(CC(C)C)c1ccc(OCC2CC2)c(-c2cccc(C)c2)c1.CCOC(=O)C(CC(C)C)c1ccc(OCC2CC2)c(Br)c1.Cc1cccc(B(O)O)c1. The van der Waals surface area contributed by atoms with Gasteiger partial charge in [0.2, 0.25) is 0 Å². The molecule has 6 rings (SSSR count). The summed E-state index contributed by atoms with van der Waals surface area (Å²) >= 11 is 3.56. The normalized spacial score (nSPS) is 14.2. The van der Waals surface area contributed by atoms with Gasteiger partial charge in [0.15, 0.2) is 0 Å². The summed E-state index contributed by atoms with van der Waals surface area (Å²) in [6.45, 7) is 18.6. The van der Waals surface area contributed by atoms with Crippen molar-refractivity contribution in [3.8, 4) is 22.6 Å². The van der Waals surface area contributed by atoms with Gasteiger partial charge in [0.05, 0.1) is 42.7 Å². The van der Waals surface area contributed by atoms with Crippen LogP contribution in [-0.4, -0.2) is 55.5 Å². The average molecular weight is 886 g/mol. The van der Waals surface area contributed by atoms with Crippen LogP contribution in [0.5, 0.6) is 11.5 Å². The summed E-state index contributed by atoms with van der Waals surface area (Å²) in [5, 5.41) is 17.4. The molecule has 2 N–H and O–H groups in total. The van der Waals surface area contributed by atoms with E-state index in [1.54, 1.807) is 18.2 Å². The highest BCUT2D eigenvalue weighted by Crippen LogP contribution is 2.38. The number of carbonyl (C=O) groups is 2. The fourth-order valence-corrected chi connectivity index (χ4v) is 7.27. The fraction of sp³-hybridized carbons (Fsp3) is 0.480. The predicted molar refractivity (Wildman–Crippen MR) is 246 cm³/mol. The lowest BCUT2D eigenvalue weighted by molar-refractivity contribution is -0.146. The Morgan fingerprint density at radius 3 is 1.58 bits per heavy atom. The maximum atomic E-state index is 12.6. The van der Waals surface area contributed by atoms with E-state index in [4.69, 9.17) is 29.0 Å². The molecule has 60 heavy (non-hydrogen) atoms. The van der Waals surface area contributed by atoms with Crippen LogP contribution in [0.4, 0.5) is 0 Å². The molecule has 0 bridgehead atoms. The van der Waals surface area contributed by atoms with Crippen molar-refractivity contribution in [2.45, 2.75) is 106 Å². The third kappa shape index (κ3) is 16.4. The first-order valence-electron chi connectivity index (χ1n) is 21.7. The van der Waals surface area contributed by atoms with Crippen LogP contribution >= 0.6 is 15.9 Å². The van der Waals surface area contributed by atoms with Gasteiger partial charge in [-0.3, -0.25) is 9.59 Å². The van der Waals surface area contributed by atoms with Crippen molar-refractivity contribution >= 4 is 40.4 Å². The Kier molecular flexibility index (Phi) is 19.7. The third-order valence-corrected chi connectivity index (χ3v) is 11.0. The second kappa shape index (κ2) is 24.4. The van der Waals surface area contributed by atoms with Gasteiger partial charge in [-0.15, -0.1) is 0 Å². The van der Waals surface area contributed by atoms with Crippen molar-refractivity contribution in [1.82, 2.24) is 0 Å². The van der Waals surface area contributed by atoms with Gasteiger partial charge in [-0.2, -0.15) is 0 Å². The summed E-state index contributed by atoms with van der Waals surface area (Å²) in [5.41, 5.74) is 6.95. The molecule has 10 heteroatoms. The minimum atomic E-state index is -1.35. The fourth-order valence-electron chi connectivity index (χ4n) is 6.76. The zero-order valence-electron chi connectivity index (χ0n) is 36.9. The molecule has 324 valence electrons. The number of halogens is 1. The van der Waals surface area contributed by atoms with Gasteiger partial charge in [-0.05, 0) is 152 Å². The molecule has 4 aromatic rings. The lowest BCUT2D eigenvalue weighted by Crippen LogP contribution is -2.29. The van der Waals surface area contributed by atoms with Crippen LogP contribution in [0.1, 0.15) is 114 Å². The molecule has 0 heterocycles. The molecule has 0 aromatic heterocycles. The molecule has 2 aliphatic carbocycles. The van der Waals surface area contributed by atoms with Crippen LogP contribution in [0.2, 0.25) is 0 Å². The summed E-state index contributed by atoms with van der Waals surface area (Å²) in [6, 6.07) is 27.7. The van der Waals surface area contributed by atoms with Crippen LogP contribution in [0.25, 0.3) is 11.1 Å². The van der Waals surface area contributed by atoms with E-state index in [2.05, 4.69) is 80.9 Å². The molecule has 2 fully saturated rings. The number of rotatable bonds is 18. The van der Waals surface area contributed by atoms with Gasteiger partial charge < -0.3 is 29.0 Å². The van der Waals surface area contributed by atoms with E-state index < -0.39 is 7.12 Å². The van der Waals surface area contributed by atoms with Crippen molar-refractivity contribution < 1.29 is 38.6 Å². The molecule has 2 atom stereocenters. The number of carbonyl (C=O) groups excluding carboxylic acids is 2. The molecular weight excluding hydrogens is 819 g/mol. The first kappa shape index (κ1) is 48.6. The molecule has 0 radical (unpaired) electrons. The largest absolute Gasteiger partial charge is 0.493 e. The average Bonchev–Trinajstić information content (AvgIpc) is 4.15. The summed E-state index contributed by atoms with van der Waals surface area (Å²) in [4.78, 5) is 24.9. The minimum absolute atomic E-state index is 0.141. The molecule has 8 nitrogen and oxygen atoms in total. The Bertz CT molecular complexity index is 1950. The molecule has 4 aromatic carbocycles. The van der Waals surface area contributed by atoms with E-state index in [1.807, 2.05) is 57.2 Å². The molecule has 0 spiro atoms. The molecular formula is C50H66BBrO8. The Balaban J connectivity index is 0.000000220. The quantitative estimate of drug-likeness (QED) is 0.0751. The van der Waals surface area contributed by atoms with Crippen LogP contribution < -0.4 is 14.9 Å². The molecule has 0 saturated heterocycles. The van der Waals surface area contributed by atoms with Crippen molar-refractivity contribution in [3.05, 3.63) is 112 Å². The predicted octanol–water partition coefficient (Wildman–Crippen LogP) is 10.7. The second-order valence-corrected chi connectivity index (χ2v) is 17.8. The van der Waals surface area contributed by atoms with Gasteiger partial charge in [-0.1, -0.05) is 99.5 Å². The van der Waals surface area contributed by atoms with Gasteiger partial charge in [0.1, 0.15) is 11.5 Å². The topological polar surface area (TPSA) is 112 Å². The number of benzene rings is 4. The van der Waals surface area contributed by atoms with Crippen molar-refractivity contribution in [3.63, 3.8) is 0 Å². The van der Waals surface area contributed by atoms with Gasteiger partial charge in [0, 0.05) is 5.56 Å². The first-order chi connectivity index (χ1) is 28.7. The Morgan fingerprint density at radius 1 is 0.667 bits per heavy atom. The summed E-state index contributed by atoms with van der Waals surface area (Å²) in [5.74, 6) is 3.25. The first-order valence-corrected chi connectivity index (χ1v) is 22.5. The Labute approximate surface area is 367 Å². The lowest BCUT2D eigenvalue weighted by Gasteiger charge is -2.20. The minimum Gasteiger partial charge on any atom is -0.493 e. The number of esters is 2. The van der Waals surface area contributed by atoms with E-state index in [-0.39, 0.29) is 23.8 Å². The van der Waals surface area contributed by atoms with E-state index >= 15 is 0 Å². The van der Waals surface area contributed by atoms with Gasteiger partial charge in [0.25, 0.3) is 0 Å². The number of hydrogen-bond donors (Lipinski definition) is 2. The molecule has 0 aliphatic heterocycles. The van der Waals surface area contributed by atoms with Gasteiger partial charge >= 0.3 is 19.1 Å². The molecule has 2 saturated carbocycles. The maximum Gasteiger partial charge on any atom is 0.488 e. The number of aryl methyl sites for hydroxylation is 2. The third-order valence-electron chi connectivity index (χ3n) is 10.3. The Hall–Kier alpha value is -4.12. The monoisotopic (exact) mass is 884 g/mol. The van der Waals surface area contributed by atoms with Crippen molar-refractivity contribution in [2.24, 2.45) is 23.7 Å². The summed E-state index contributed by atoms with van der Waals surface area (Å²) < 4.78 is 23.5. The lowest BCUT2D eigenvalue weighted by atomic mass is 9.80. The maximum absolute atomic E-state index is 12.6. The summed E-state index contributed by atoms with van der Waals surface area (Å²) in [6.07, 6.45) is 6.63. The van der Waals surface area contributed by atoms with Crippen LogP contribution in [-0.2, 0) is 19.1 Å². The number of ether oxygens (including phenoxy) is 4. The highest BCUT2D eigenvalue weighted by atomic mass is 79.9. The zero-order chi connectivity index (χ0) is 43.8. The second-order valence-electron chi connectivity index (χ2n) is 17.0. The van der Waals surface area contributed by atoms with Crippen molar-refractivity contribution in [1.29, 1.82) is 0 Å². The smallest absolute Gasteiger partial charge is 0.488 e. The molecule has 2 unspecified atom stereocenters. The molecule has 0 amide bonds. The Morgan fingerprint density at radius 2 is 1.15 bits per heavy atom. The van der Waals surface area contributed by atoms with E-state index in [1.165, 1.54) is 31.2 Å². The number of hydrogen-bond acceptors (Lipinski definition) is 8. The standard InChI is InChI=1S/C25H32O3.C18H25BrO3.C7H9BO2/c1-5-27-25(26)23(13-17(2)3)21-11-12-24(28-16-19-9-10-19)22(15-21)20-8-6-7-18(4)14-20;1-4-21-18(20)15(9-12(2)3)14-7-8-17(16(19)10-14)22-11-13-5-6-13;1-6-3-2-4-7(5-6)8(9)10/h6-8,11-12,14-15,17,19,23H,5,9-10,13,16H2,1-4H3;7-8,10,12-13,15H,4-6,9,11H2,1-3H3;2-5,9-10H,1H3. The van der Waals surface area contributed by atoms with Crippen LogP contribution in [0, 0.1) is 37.5 Å². The van der Waals surface area contributed by atoms with Crippen LogP contribution in [0.3, 0.4) is 0 Å². The van der Waals surface area contributed by atoms with Crippen molar-refractivity contribution in [2.75, 3.05) is 26.4 Å². The molecule has 2 aliphatic rings. The highest BCUT2D eigenvalue weighted by molar-refractivity contribution is 9.10. The highest BCUT2D eigenvalue weighted by Gasteiger charge is 2.27. The zero-order valence-corrected chi connectivity index (χ0v) is 38.5. The van der Waals surface area contributed by atoms with E-state index in [0.717, 1.165) is 75.8 Å². The van der Waals surface area contributed by atoms with E-state index in [0.29, 0.717) is 36.4 Å². The van der Waals surface area contributed by atoms with Crippen LogP contribution in [0.15, 0.2) is 89.4 Å². The van der Waals surface area contributed by atoms with E-state index in [9.17, 15) is 9.59 Å².